The fourth-order valence-corrected chi connectivity index (χ4v) is 2.09. The lowest BCUT2D eigenvalue weighted by molar-refractivity contribution is -0.124. The summed E-state index contributed by atoms with van der Waals surface area (Å²) in [5, 5.41) is 0. The fraction of sp³-hybridized carbons (Fsp3) is 0.533. The Morgan fingerprint density at radius 1 is 1.26 bits per heavy atom. The van der Waals surface area contributed by atoms with Crippen LogP contribution in [0.15, 0.2) is 30.3 Å². The van der Waals surface area contributed by atoms with Crippen molar-refractivity contribution < 1.29 is 4.79 Å². The molecule has 0 saturated carbocycles. The van der Waals surface area contributed by atoms with Crippen molar-refractivity contribution in [3.8, 4) is 0 Å². The Hall–Kier alpha value is -1.39. The highest BCUT2D eigenvalue weighted by molar-refractivity contribution is 5.86. The largest absolute Gasteiger partial charge is 0.368 e. The summed E-state index contributed by atoms with van der Waals surface area (Å²) in [6.07, 6.45) is 0. The molecule has 1 amide bonds. The summed E-state index contributed by atoms with van der Waals surface area (Å²) in [4.78, 5) is 13.9. The van der Waals surface area contributed by atoms with E-state index in [1.165, 1.54) is 0 Å². The molecule has 0 aromatic heterocycles. The second kappa shape index (κ2) is 6.17. The summed E-state index contributed by atoms with van der Waals surface area (Å²) in [5.41, 5.74) is 11.4. The molecule has 4 heteroatoms. The molecule has 0 aliphatic carbocycles. The fourth-order valence-electron chi connectivity index (χ4n) is 2.09. The molecule has 0 aliphatic rings. The Labute approximate surface area is 115 Å². The first-order valence-electron chi connectivity index (χ1n) is 6.63. The van der Waals surface area contributed by atoms with Crippen LogP contribution in [0.1, 0.15) is 26.3 Å². The van der Waals surface area contributed by atoms with Gasteiger partial charge in [0.1, 0.15) is 5.54 Å². The number of hydrogen-bond donors (Lipinski definition) is 2. The van der Waals surface area contributed by atoms with E-state index in [2.05, 4.69) is 25.7 Å². The summed E-state index contributed by atoms with van der Waals surface area (Å²) in [6.45, 7) is 6.82. The van der Waals surface area contributed by atoms with E-state index in [1.807, 2.05) is 37.4 Å². The molecule has 0 aliphatic heterocycles. The predicted octanol–water partition coefficient (Wildman–Crippen LogP) is 1.30. The molecule has 4 nitrogen and oxygen atoms in total. The number of nitrogens with zero attached hydrogens (tertiary/aromatic N) is 1. The van der Waals surface area contributed by atoms with Gasteiger partial charge < -0.3 is 16.4 Å². The third-order valence-electron chi connectivity index (χ3n) is 3.89. The van der Waals surface area contributed by atoms with Crippen molar-refractivity contribution in [1.29, 1.82) is 0 Å². The van der Waals surface area contributed by atoms with Crippen molar-refractivity contribution in [3.63, 3.8) is 0 Å². The third kappa shape index (κ3) is 3.55. The van der Waals surface area contributed by atoms with E-state index in [0.29, 0.717) is 18.5 Å². The minimum atomic E-state index is -1.15. The maximum atomic E-state index is 11.8. The molecule has 0 heterocycles. The molecule has 2 atom stereocenters. The molecule has 19 heavy (non-hydrogen) atoms. The zero-order valence-corrected chi connectivity index (χ0v) is 12.3. The van der Waals surface area contributed by atoms with E-state index in [9.17, 15) is 4.79 Å². The standard InChI is InChI=1S/C15H25N3O/c1-11(2)12(3)18(4)10-15(17,14(16)19)13-8-6-5-7-9-13/h5-9,11-12H,10,17H2,1-4H3,(H2,16,19). The van der Waals surface area contributed by atoms with Crippen LogP contribution in [0, 0.1) is 5.92 Å². The van der Waals surface area contributed by atoms with Crippen molar-refractivity contribution >= 4 is 5.91 Å². The summed E-state index contributed by atoms with van der Waals surface area (Å²) >= 11 is 0. The van der Waals surface area contributed by atoms with E-state index in [-0.39, 0.29) is 0 Å². The lowest BCUT2D eigenvalue weighted by Crippen LogP contribution is -2.57. The highest BCUT2D eigenvalue weighted by Gasteiger charge is 2.36. The molecular weight excluding hydrogens is 238 g/mol. The van der Waals surface area contributed by atoms with Gasteiger partial charge in [-0.25, -0.2) is 0 Å². The molecule has 1 rings (SSSR count). The molecule has 0 spiro atoms. The van der Waals surface area contributed by atoms with Crippen molar-refractivity contribution in [1.82, 2.24) is 4.90 Å². The van der Waals surface area contributed by atoms with Gasteiger partial charge in [0, 0.05) is 12.6 Å². The van der Waals surface area contributed by atoms with Crippen LogP contribution in [-0.4, -0.2) is 30.4 Å². The van der Waals surface area contributed by atoms with Gasteiger partial charge in [0.05, 0.1) is 0 Å². The second-order valence-corrected chi connectivity index (χ2v) is 5.60. The molecule has 0 fully saturated rings. The molecular formula is C15H25N3O. The number of primary amides is 1. The first kappa shape index (κ1) is 15.7. The van der Waals surface area contributed by atoms with E-state index in [1.54, 1.807) is 0 Å². The molecule has 0 bridgehead atoms. The summed E-state index contributed by atoms with van der Waals surface area (Å²) in [5.74, 6) is -0.0144. The van der Waals surface area contributed by atoms with E-state index >= 15 is 0 Å². The lowest BCUT2D eigenvalue weighted by atomic mass is 9.88. The van der Waals surface area contributed by atoms with Gasteiger partial charge in [0.25, 0.3) is 0 Å². The Balaban J connectivity index is 2.99. The topological polar surface area (TPSA) is 72.3 Å². The number of rotatable bonds is 6. The van der Waals surface area contributed by atoms with Crippen LogP contribution in [0.4, 0.5) is 0 Å². The van der Waals surface area contributed by atoms with Gasteiger partial charge in [-0.15, -0.1) is 0 Å². The zero-order valence-electron chi connectivity index (χ0n) is 12.3. The van der Waals surface area contributed by atoms with E-state index in [0.717, 1.165) is 5.56 Å². The first-order valence-corrected chi connectivity index (χ1v) is 6.63. The quantitative estimate of drug-likeness (QED) is 0.812. The molecule has 106 valence electrons. The van der Waals surface area contributed by atoms with Crippen LogP contribution < -0.4 is 11.5 Å². The lowest BCUT2D eigenvalue weighted by Gasteiger charge is -2.35. The summed E-state index contributed by atoms with van der Waals surface area (Å²) < 4.78 is 0. The smallest absolute Gasteiger partial charge is 0.243 e. The number of amides is 1. The molecule has 0 saturated heterocycles. The Morgan fingerprint density at radius 2 is 1.79 bits per heavy atom. The highest BCUT2D eigenvalue weighted by Crippen LogP contribution is 2.21. The van der Waals surface area contributed by atoms with Gasteiger partial charge in [-0.2, -0.15) is 0 Å². The number of nitrogens with two attached hydrogens (primary N) is 2. The monoisotopic (exact) mass is 263 g/mol. The summed E-state index contributed by atoms with van der Waals surface area (Å²) in [6, 6.07) is 9.64. The highest BCUT2D eigenvalue weighted by atomic mass is 16.1. The van der Waals surface area contributed by atoms with Crippen molar-refractivity contribution in [2.75, 3.05) is 13.6 Å². The summed E-state index contributed by atoms with van der Waals surface area (Å²) in [7, 11) is 1.97. The van der Waals surface area contributed by atoms with Crippen LogP contribution in [0.3, 0.4) is 0 Å². The molecule has 1 aromatic carbocycles. The van der Waals surface area contributed by atoms with Crippen LogP contribution in [0.2, 0.25) is 0 Å². The molecule has 4 N–H and O–H groups in total. The molecule has 2 unspecified atom stereocenters. The average molecular weight is 263 g/mol. The van der Waals surface area contributed by atoms with Gasteiger partial charge in [0.15, 0.2) is 0 Å². The number of carbonyl (C=O) groups excluding carboxylic acids is 1. The maximum Gasteiger partial charge on any atom is 0.243 e. The third-order valence-corrected chi connectivity index (χ3v) is 3.89. The van der Waals surface area contributed by atoms with Gasteiger partial charge in [-0.3, -0.25) is 4.79 Å². The number of benzene rings is 1. The Kier molecular flexibility index (Phi) is 5.09. The van der Waals surface area contributed by atoms with Crippen LogP contribution in [-0.2, 0) is 10.3 Å². The number of hydrogen-bond acceptors (Lipinski definition) is 3. The number of carbonyl (C=O) groups is 1. The van der Waals surface area contributed by atoms with Crippen LogP contribution >= 0.6 is 0 Å². The van der Waals surface area contributed by atoms with E-state index in [4.69, 9.17) is 11.5 Å². The van der Waals surface area contributed by atoms with E-state index < -0.39 is 11.4 Å². The van der Waals surface area contributed by atoms with Crippen LogP contribution in [0.5, 0.6) is 0 Å². The van der Waals surface area contributed by atoms with Gasteiger partial charge in [-0.05, 0) is 25.5 Å². The van der Waals surface area contributed by atoms with Crippen molar-refractivity contribution in [2.45, 2.75) is 32.4 Å². The number of likely N-dealkylation sites (N-methyl/N-ethyl adjacent to an activating group) is 1. The van der Waals surface area contributed by atoms with Crippen molar-refractivity contribution in [2.24, 2.45) is 17.4 Å². The Morgan fingerprint density at radius 3 is 2.21 bits per heavy atom. The van der Waals surface area contributed by atoms with Gasteiger partial charge in [0.2, 0.25) is 5.91 Å². The van der Waals surface area contributed by atoms with Crippen molar-refractivity contribution in [3.05, 3.63) is 35.9 Å². The van der Waals surface area contributed by atoms with Gasteiger partial charge in [-0.1, -0.05) is 44.2 Å². The Bertz CT molecular complexity index is 419. The van der Waals surface area contributed by atoms with Crippen LogP contribution in [0.25, 0.3) is 0 Å². The maximum absolute atomic E-state index is 11.8. The zero-order chi connectivity index (χ0) is 14.6. The second-order valence-electron chi connectivity index (χ2n) is 5.60. The normalized spacial score (nSPS) is 16.4. The molecule has 0 radical (unpaired) electrons. The minimum Gasteiger partial charge on any atom is -0.368 e. The van der Waals surface area contributed by atoms with Gasteiger partial charge >= 0.3 is 0 Å². The predicted molar refractivity (Wildman–Crippen MR) is 78.4 cm³/mol. The molecule has 1 aromatic rings. The first-order chi connectivity index (χ1) is 8.79. The SMILES string of the molecule is CC(C)C(C)N(C)CC(N)(C(N)=O)c1ccccc1. The average Bonchev–Trinajstić information content (AvgIpc) is 2.38. The minimum absolute atomic E-state index is 0.325.